The molecule has 0 saturated carbocycles. The Labute approximate surface area is 156 Å². The molecular formula is C24H27NO. The van der Waals surface area contributed by atoms with E-state index in [1.165, 1.54) is 5.56 Å². The summed E-state index contributed by atoms with van der Waals surface area (Å²) in [6.07, 6.45) is 0. The summed E-state index contributed by atoms with van der Waals surface area (Å²) in [6, 6.07) is 30.4. The van der Waals surface area contributed by atoms with E-state index in [4.69, 9.17) is 0 Å². The predicted octanol–water partition coefficient (Wildman–Crippen LogP) is 4.69. The summed E-state index contributed by atoms with van der Waals surface area (Å²) in [5.41, 5.74) is 2.14. The van der Waals surface area contributed by atoms with E-state index in [-0.39, 0.29) is 5.92 Å². The third kappa shape index (κ3) is 4.04. The molecule has 0 spiro atoms. The van der Waals surface area contributed by atoms with Crippen molar-refractivity contribution in [2.45, 2.75) is 19.1 Å². The fourth-order valence-electron chi connectivity index (χ4n) is 3.68. The first-order valence-electron chi connectivity index (χ1n) is 9.16. The molecule has 0 aliphatic rings. The number of hydrogen-bond acceptors (Lipinski definition) is 2. The summed E-state index contributed by atoms with van der Waals surface area (Å²) < 4.78 is 0. The van der Waals surface area contributed by atoms with Crippen LogP contribution in [0.3, 0.4) is 0 Å². The molecule has 0 bridgehead atoms. The minimum atomic E-state index is -1.02. The van der Waals surface area contributed by atoms with Gasteiger partial charge in [-0.25, -0.2) is 0 Å². The molecule has 0 radical (unpaired) electrons. The molecule has 0 aromatic heterocycles. The summed E-state index contributed by atoms with van der Waals surface area (Å²) in [6.45, 7) is 3.78. The van der Waals surface area contributed by atoms with Crippen LogP contribution in [0, 0.1) is 5.92 Å². The Morgan fingerprint density at radius 1 is 0.769 bits per heavy atom. The van der Waals surface area contributed by atoms with Crippen molar-refractivity contribution < 1.29 is 5.11 Å². The number of rotatable bonds is 7. The lowest BCUT2D eigenvalue weighted by Gasteiger charge is -2.37. The van der Waals surface area contributed by atoms with E-state index in [0.717, 1.165) is 24.2 Å². The molecular weight excluding hydrogens is 318 g/mol. The van der Waals surface area contributed by atoms with E-state index in [9.17, 15) is 5.11 Å². The number of benzene rings is 3. The normalized spacial score (nSPS) is 12.9. The second kappa shape index (κ2) is 8.31. The Bertz CT molecular complexity index is 747. The van der Waals surface area contributed by atoms with Gasteiger partial charge < -0.3 is 10.0 Å². The molecule has 0 aliphatic carbocycles. The Hall–Kier alpha value is -2.42. The lowest BCUT2D eigenvalue weighted by molar-refractivity contribution is 0.00975. The van der Waals surface area contributed by atoms with Gasteiger partial charge >= 0.3 is 0 Å². The van der Waals surface area contributed by atoms with Gasteiger partial charge in [0.1, 0.15) is 5.60 Å². The topological polar surface area (TPSA) is 23.5 Å². The van der Waals surface area contributed by atoms with Crippen LogP contribution in [-0.2, 0) is 12.1 Å². The first-order chi connectivity index (χ1) is 12.6. The zero-order valence-electron chi connectivity index (χ0n) is 15.5. The monoisotopic (exact) mass is 345 g/mol. The lowest BCUT2D eigenvalue weighted by Crippen LogP contribution is -2.40. The van der Waals surface area contributed by atoms with Gasteiger partial charge in [-0.05, 0) is 23.7 Å². The number of hydrogen-bond donors (Lipinski definition) is 1. The van der Waals surface area contributed by atoms with Crippen LogP contribution < -0.4 is 0 Å². The molecule has 3 aromatic rings. The molecule has 26 heavy (non-hydrogen) atoms. The fraction of sp³-hybridized carbons (Fsp3) is 0.250. The van der Waals surface area contributed by atoms with Gasteiger partial charge in [-0.15, -0.1) is 0 Å². The second-order valence-corrected chi connectivity index (χ2v) is 7.08. The van der Waals surface area contributed by atoms with E-state index in [2.05, 4.69) is 43.1 Å². The quantitative estimate of drug-likeness (QED) is 0.671. The van der Waals surface area contributed by atoms with Crippen molar-refractivity contribution in [1.82, 2.24) is 4.90 Å². The molecule has 0 heterocycles. The van der Waals surface area contributed by atoms with Gasteiger partial charge in [0.25, 0.3) is 0 Å². The second-order valence-electron chi connectivity index (χ2n) is 7.08. The largest absolute Gasteiger partial charge is 0.380 e. The van der Waals surface area contributed by atoms with Gasteiger partial charge in [0.05, 0.1) is 0 Å². The van der Waals surface area contributed by atoms with Gasteiger partial charge in [0.15, 0.2) is 0 Å². The van der Waals surface area contributed by atoms with Crippen LogP contribution in [-0.4, -0.2) is 23.6 Å². The van der Waals surface area contributed by atoms with E-state index in [1.54, 1.807) is 0 Å². The molecule has 2 nitrogen and oxygen atoms in total. The van der Waals surface area contributed by atoms with Gasteiger partial charge in [0, 0.05) is 19.0 Å². The highest BCUT2D eigenvalue weighted by Crippen LogP contribution is 2.37. The summed E-state index contributed by atoms with van der Waals surface area (Å²) in [5.74, 6) is 0.0287. The Morgan fingerprint density at radius 3 is 1.65 bits per heavy atom. The Balaban J connectivity index is 1.85. The van der Waals surface area contributed by atoms with Crippen molar-refractivity contribution in [2.24, 2.45) is 5.92 Å². The first kappa shape index (κ1) is 18.4. The number of nitrogens with zero attached hydrogens (tertiary/aromatic N) is 1. The van der Waals surface area contributed by atoms with Crippen LogP contribution in [0.4, 0.5) is 0 Å². The summed E-state index contributed by atoms with van der Waals surface area (Å²) in [7, 11) is 2.11. The highest BCUT2D eigenvalue weighted by Gasteiger charge is 2.37. The summed E-state index contributed by atoms with van der Waals surface area (Å²) in [4.78, 5) is 2.27. The zero-order chi connectivity index (χ0) is 18.4. The molecule has 1 unspecified atom stereocenters. The van der Waals surface area contributed by atoms with Gasteiger partial charge in [-0.3, -0.25) is 0 Å². The van der Waals surface area contributed by atoms with Gasteiger partial charge in [0.2, 0.25) is 0 Å². The van der Waals surface area contributed by atoms with Crippen molar-refractivity contribution in [1.29, 1.82) is 0 Å². The predicted molar refractivity (Wildman–Crippen MR) is 108 cm³/mol. The third-order valence-corrected chi connectivity index (χ3v) is 5.02. The molecule has 1 N–H and O–H groups in total. The highest BCUT2D eigenvalue weighted by atomic mass is 16.3. The van der Waals surface area contributed by atoms with Crippen LogP contribution in [0.1, 0.15) is 23.6 Å². The van der Waals surface area contributed by atoms with Crippen molar-refractivity contribution in [2.75, 3.05) is 13.6 Å². The van der Waals surface area contributed by atoms with Crippen molar-refractivity contribution in [3.63, 3.8) is 0 Å². The van der Waals surface area contributed by atoms with Crippen LogP contribution in [0.2, 0.25) is 0 Å². The molecule has 0 saturated heterocycles. The molecule has 1 atom stereocenters. The fourth-order valence-corrected chi connectivity index (χ4v) is 3.68. The molecule has 0 aliphatic heterocycles. The van der Waals surface area contributed by atoms with Crippen molar-refractivity contribution in [3.05, 3.63) is 108 Å². The minimum Gasteiger partial charge on any atom is -0.380 e. The Morgan fingerprint density at radius 2 is 1.19 bits per heavy atom. The molecule has 3 rings (SSSR count). The molecule has 134 valence electrons. The summed E-state index contributed by atoms with van der Waals surface area (Å²) >= 11 is 0. The minimum absolute atomic E-state index is 0.0287. The van der Waals surface area contributed by atoms with Crippen LogP contribution >= 0.6 is 0 Å². The van der Waals surface area contributed by atoms with E-state index < -0.39 is 5.60 Å². The van der Waals surface area contributed by atoms with E-state index in [1.807, 2.05) is 66.7 Å². The SMILES string of the molecule is CC(CN(C)Cc1ccccc1)C(O)(c1ccccc1)c1ccccc1. The maximum atomic E-state index is 11.8. The van der Waals surface area contributed by atoms with Crippen LogP contribution in [0.15, 0.2) is 91.0 Å². The first-order valence-corrected chi connectivity index (χ1v) is 9.16. The number of aliphatic hydroxyl groups is 1. The van der Waals surface area contributed by atoms with Gasteiger partial charge in [-0.1, -0.05) is 97.9 Å². The summed E-state index contributed by atoms with van der Waals surface area (Å²) in [5, 5.41) is 11.8. The molecule has 2 heteroatoms. The maximum absolute atomic E-state index is 11.8. The smallest absolute Gasteiger partial charge is 0.118 e. The highest BCUT2D eigenvalue weighted by molar-refractivity contribution is 5.36. The molecule has 3 aromatic carbocycles. The maximum Gasteiger partial charge on any atom is 0.118 e. The Kier molecular flexibility index (Phi) is 5.87. The lowest BCUT2D eigenvalue weighted by atomic mass is 9.76. The third-order valence-electron chi connectivity index (χ3n) is 5.02. The molecule has 0 amide bonds. The van der Waals surface area contributed by atoms with Crippen LogP contribution in [0.5, 0.6) is 0 Å². The van der Waals surface area contributed by atoms with E-state index in [0.29, 0.717) is 0 Å². The van der Waals surface area contributed by atoms with E-state index >= 15 is 0 Å². The van der Waals surface area contributed by atoms with Crippen LogP contribution in [0.25, 0.3) is 0 Å². The zero-order valence-corrected chi connectivity index (χ0v) is 15.5. The standard InChI is InChI=1S/C24H27NO/c1-20(18-25(2)19-21-12-6-3-7-13-21)24(26,22-14-8-4-9-15-22)23-16-10-5-11-17-23/h3-17,20,26H,18-19H2,1-2H3. The average molecular weight is 345 g/mol. The van der Waals surface area contributed by atoms with Crippen molar-refractivity contribution in [3.8, 4) is 0 Å². The average Bonchev–Trinajstić information content (AvgIpc) is 2.69. The van der Waals surface area contributed by atoms with Crippen molar-refractivity contribution >= 4 is 0 Å². The molecule has 0 fully saturated rings. The van der Waals surface area contributed by atoms with Gasteiger partial charge in [-0.2, -0.15) is 0 Å².